The summed E-state index contributed by atoms with van der Waals surface area (Å²) in [4.78, 5) is 10.4. The molecule has 5 nitrogen and oxygen atoms in total. The lowest BCUT2D eigenvalue weighted by Crippen LogP contribution is -2.45. The second-order valence-corrected chi connectivity index (χ2v) is 5.40. The maximum absolute atomic E-state index is 9.80. The van der Waals surface area contributed by atoms with E-state index in [9.17, 15) is 10.2 Å². The molecule has 1 aromatic rings. The van der Waals surface area contributed by atoms with E-state index in [1.54, 1.807) is 0 Å². The predicted molar refractivity (Wildman–Crippen MR) is 67.5 cm³/mol. The molecule has 0 spiro atoms. The topological polar surface area (TPSA) is 69.5 Å². The summed E-state index contributed by atoms with van der Waals surface area (Å²) in [6.45, 7) is -0.159. The van der Waals surface area contributed by atoms with E-state index in [0.717, 1.165) is 31.5 Å². The molecule has 3 heterocycles. The zero-order valence-electron chi connectivity index (χ0n) is 9.96. The van der Waals surface area contributed by atoms with Crippen molar-refractivity contribution in [3.8, 4) is 0 Å². The van der Waals surface area contributed by atoms with Gasteiger partial charge in [0.1, 0.15) is 17.3 Å². The molecule has 2 fully saturated rings. The number of piperidine rings is 1. The van der Waals surface area contributed by atoms with Crippen LogP contribution in [0.5, 0.6) is 0 Å². The van der Waals surface area contributed by atoms with E-state index in [2.05, 4.69) is 14.9 Å². The molecule has 0 amide bonds. The molecule has 2 unspecified atom stereocenters. The van der Waals surface area contributed by atoms with Gasteiger partial charge in [-0.25, -0.2) is 9.97 Å². The van der Waals surface area contributed by atoms with Crippen molar-refractivity contribution in [2.45, 2.75) is 50.5 Å². The third kappa shape index (κ3) is 1.86. The van der Waals surface area contributed by atoms with Gasteiger partial charge < -0.3 is 15.1 Å². The fraction of sp³-hybridized carbons (Fsp3) is 0.667. The fourth-order valence-corrected chi connectivity index (χ4v) is 3.42. The molecule has 2 saturated heterocycles. The number of aromatic nitrogens is 2. The minimum absolute atomic E-state index is 0.159. The molecule has 2 atom stereocenters. The summed E-state index contributed by atoms with van der Waals surface area (Å²) >= 11 is 6.01. The number of rotatable bonds is 2. The fourth-order valence-electron chi connectivity index (χ4n) is 3.23. The van der Waals surface area contributed by atoms with Crippen molar-refractivity contribution in [2.24, 2.45) is 0 Å². The Kier molecular flexibility index (Phi) is 3.13. The van der Waals surface area contributed by atoms with Gasteiger partial charge in [0.25, 0.3) is 0 Å². The molecule has 2 aliphatic rings. The number of aliphatic hydroxyl groups is 2. The van der Waals surface area contributed by atoms with Crippen LogP contribution in [-0.4, -0.2) is 38.4 Å². The Balaban J connectivity index is 1.99. The Bertz CT molecular complexity index is 443. The van der Waals surface area contributed by atoms with Crippen LogP contribution in [0.1, 0.15) is 31.2 Å². The number of hydrogen-bond acceptors (Lipinski definition) is 5. The quantitative estimate of drug-likeness (QED) is 0.788. The first-order valence-electron chi connectivity index (χ1n) is 6.27. The first-order chi connectivity index (χ1) is 8.70. The highest BCUT2D eigenvalue weighted by Gasteiger charge is 2.41. The maximum Gasteiger partial charge on any atom is 0.140 e. The normalized spacial score (nSPS) is 30.8. The molecule has 18 heavy (non-hydrogen) atoms. The second-order valence-electron chi connectivity index (χ2n) is 5.04. The zero-order chi connectivity index (χ0) is 12.7. The van der Waals surface area contributed by atoms with Gasteiger partial charge in [0.15, 0.2) is 0 Å². The van der Waals surface area contributed by atoms with Crippen molar-refractivity contribution in [1.82, 2.24) is 9.97 Å². The summed E-state index contributed by atoms with van der Waals surface area (Å²) in [7, 11) is 0. The van der Waals surface area contributed by atoms with Gasteiger partial charge in [0.05, 0.1) is 18.3 Å². The molecule has 98 valence electrons. The Labute approximate surface area is 110 Å². The van der Waals surface area contributed by atoms with Gasteiger partial charge in [-0.3, -0.25) is 0 Å². The highest BCUT2D eigenvalue weighted by Crippen LogP contribution is 2.40. The van der Waals surface area contributed by atoms with Crippen molar-refractivity contribution < 1.29 is 10.2 Å². The van der Waals surface area contributed by atoms with Gasteiger partial charge >= 0.3 is 0 Å². The summed E-state index contributed by atoms with van der Waals surface area (Å²) in [5.41, 5.74) is 0.590. The predicted octanol–water partition coefficient (Wildman–Crippen LogP) is 1.11. The first kappa shape index (κ1) is 12.1. The smallest absolute Gasteiger partial charge is 0.140 e. The van der Waals surface area contributed by atoms with Crippen molar-refractivity contribution in [2.75, 3.05) is 4.90 Å². The second kappa shape index (κ2) is 4.64. The van der Waals surface area contributed by atoms with E-state index in [-0.39, 0.29) is 12.7 Å². The molecule has 1 aromatic heterocycles. The van der Waals surface area contributed by atoms with Crippen molar-refractivity contribution in [1.29, 1.82) is 0 Å². The van der Waals surface area contributed by atoms with Crippen LogP contribution in [-0.2, 0) is 6.61 Å². The summed E-state index contributed by atoms with van der Waals surface area (Å²) < 4.78 is 0. The van der Waals surface area contributed by atoms with E-state index in [4.69, 9.17) is 11.6 Å². The van der Waals surface area contributed by atoms with Crippen LogP contribution in [0.2, 0.25) is 5.15 Å². The first-order valence-corrected chi connectivity index (χ1v) is 6.65. The Morgan fingerprint density at radius 2 is 1.94 bits per heavy atom. The minimum Gasteiger partial charge on any atom is -0.393 e. The zero-order valence-corrected chi connectivity index (χ0v) is 10.7. The molecule has 0 aromatic carbocycles. The number of anilines is 1. The molecule has 2 aliphatic heterocycles. The van der Waals surface area contributed by atoms with Gasteiger partial charge in [0.2, 0.25) is 0 Å². The van der Waals surface area contributed by atoms with Crippen LogP contribution in [0.15, 0.2) is 6.33 Å². The highest BCUT2D eigenvalue weighted by molar-refractivity contribution is 6.30. The Morgan fingerprint density at radius 1 is 1.28 bits per heavy atom. The van der Waals surface area contributed by atoms with Gasteiger partial charge in [-0.05, 0) is 25.7 Å². The van der Waals surface area contributed by atoms with Gasteiger partial charge in [0, 0.05) is 12.1 Å². The van der Waals surface area contributed by atoms with Crippen molar-refractivity contribution in [3.05, 3.63) is 17.0 Å². The lowest BCUT2D eigenvalue weighted by atomic mass is 9.99. The third-order valence-corrected chi connectivity index (χ3v) is 4.31. The SMILES string of the molecule is OCc1c(Cl)ncnc1N1C2CCC1CC(O)C2. The van der Waals surface area contributed by atoms with E-state index >= 15 is 0 Å². The molecule has 3 rings (SSSR count). The summed E-state index contributed by atoms with van der Waals surface area (Å²) in [6.07, 6.45) is 4.88. The molecular weight excluding hydrogens is 254 g/mol. The molecule has 0 aliphatic carbocycles. The van der Waals surface area contributed by atoms with E-state index in [0.29, 0.717) is 22.8 Å². The summed E-state index contributed by atoms with van der Waals surface area (Å²) in [6, 6.07) is 0.602. The van der Waals surface area contributed by atoms with Crippen LogP contribution >= 0.6 is 11.6 Å². The third-order valence-electron chi connectivity index (χ3n) is 3.98. The number of halogens is 1. The summed E-state index contributed by atoms with van der Waals surface area (Å²) in [5, 5.41) is 19.5. The van der Waals surface area contributed by atoms with Crippen LogP contribution in [0.25, 0.3) is 0 Å². The summed E-state index contributed by atoms with van der Waals surface area (Å²) in [5.74, 6) is 0.733. The van der Waals surface area contributed by atoms with Gasteiger partial charge in [-0.15, -0.1) is 0 Å². The van der Waals surface area contributed by atoms with E-state index < -0.39 is 0 Å². The number of hydrogen-bond donors (Lipinski definition) is 2. The van der Waals surface area contributed by atoms with Crippen LogP contribution < -0.4 is 4.90 Å². The average molecular weight is 270 g/mol. The Morgan fingerprint density at radius 3 is 2.56 bits per heavy atom. The number of aliphatic hydroxyl groups excluding tert-OH is 2. The van der Waals surface area contributed by atoms with Crippen molar-refractivity contribution in [3.63, 3.8) is 0 Å². The Hall–Kier alpha value is -0.910. The van der Waals surface area contributed by atoms with Crippen molar-refractivity contribution >= 4 is 17.4 Å². The van der Waals surface area contributed by atoms with Gasteiger partial charge in [-0.2, -0.15) is 0 Å². The molecule has 6 heteroatoms. The largest absolute Gasteiger partial charge is 0.393 e. The van der Waals surface area contributed by atoms with Crippen LogP contribution in [0, 0.1) is 0 Å². The number of nitrogens with zero attached hydrogens (tertiary/aromatic N) is 3. The molecule has 0 saturated carbocycles. The minimum atomic E-state index is -0.214. The van der Waals surface area contributed by atoms with Gasteiger partial charge in [-0.1, -0.05) is 11.6 Å². The average Bonchev–Trinajstić information content (AvgIpc) is 2.61. The number of fused-ring (bicyclic) bond motifs is 2. The lowest BCUT2D eigenvalue weighted by Gasteiger charge is -2.38. The van der Waals surface area contributed by atoms with Crippen LogP contribution in [0.4, 0.5) is 5.82 Å². The molecule has 2 N–H and O–H groups in total. The monoisotopic (exact) mass is 269 g/mol. The molecule has 0 radical (unpaired) electrons. The van der Waals surface area contributed by atoms with Crippen LogP contribution in [0.3, 0.4) is 0 Å². The van der Waals surface area contributed by atoms with E-state index in [1.807, 2.05) is 0 Å². The standard InChI is InChI=1S/C12H16ClN3O2/c13-11-10(5-17)12(15-6-14-11)16-7-1-2-8(16)4-9(18)3-7/h6-9,17-18H,1-5H2. The lowest BCUT2D eigenvalue weighted by molar-refractivity contribution is 0.126. The molecular formula is C12H16ClN3O2. The maximum atomic E-state index is 9.80. The molecule has 2 bridgehead atoms. The highest BCUT2D eigenvalue weighted by atomic mass is 35.5. The van der Waals surface area contributed by atoms with E-state index in [1.165, 1.54) is 6.33 Å².